The molecule has 1 heterocycles. The number of hydrazine groups is 1. The number of nitrogens with one attached hydrogen (secondary N) is 1. The molecule has 1 fully saturated rings. The summed E-state index contributed by atoms with van der Waals surface area (Å²) in [5.41, 5.74) is 4.68. The van der Waals surface area contributed by atoms with Crippen LogP contribution >= 0.6 is 0 Å². The van der Waals surface area contributed by atoms with Gasteiger partial charge in [-0.25, -0.2) is 0 Å². The fourth-order valence-corrected chi connectivity index (χ4v) is 2.11. The van der Waals surface area contributed by atoms with Gasteiger partial charge in [-0.05, 0) is 30.9 Å². The van der Waals surface area contributed by atoms with E-state index >= 15 is 0 Å². The Bertz CT molecular complexity index is 360. The molecular formula is C13H22N4. The van der Waals surface area contributed by atoms with Gasteiger partial charge in [0.1, 0.15) is 0 Å². The summed E-state index contributed by atoms with van der Waals surface area (Å²) in [6.07, 6.45) is 4.48. The number of nitrogens with two attached hydrogens (primary N) is 1. The maximum atomic E-state index is 5.41. The number of rotatable bonds is 6. The minimum Gasteiger partial charge on any atom is -0.324 e. The van der Waals surface area contributed by atoms with Gasteiger partial charge in [0.05, 0.1) is 11.4 Å². The zero-order chi connectivity index (χ0) is 12.3. The van der Waals surface area contributed by atoms with E-state index in [0.29, 0.717) is 5.92 Å². The molecular weight excluding hydrogens is 212 g/mol. The maximum Gasteiger partial charge on any atom is 0.0565 e. The standard InChI is InChI=1S/C13H22N4/c1-10(2)8-17(13-3-4-13)9-12-7-11(16-14)5-6-15-12/h5-7,10,13H,3-4,8-9,14H2,1-2H3,(H,15,16). The predicted octanol–water partition coefficient (Wildman–Crippen LogP) is 1.99. The fraction of sp³-hybridized carbons (Fsp3) is 0.615. The normalized spacial score (nSPS) is 15.6. The third-order valence-corrected chi connectivity index (χ3v) is 3.01. The van der Waals surface area contributed by atoms with Gasteiger partial charge in [0.2, 0.25) is 0 Å². The summed E-state index contributed by atoms with van der Waals surface area (Å²) in [6.45, 7) is 6.60. The van der Waals surface area contributed by atoms with E-state index in [1.54, 1.807) is 0 Å². The zero-order valence-corrected chi connectivity index (χ0v) is 10.7. The van der Waals surface area contributed by atoms with E-state index in [9.17, 15) is 0 Å². The summed E-state index contributed by atoms with van der Waals surface area (Å²) in [6, 6.07) is 4.68. The lowest BCUT2D eigenvalue weighted by atomic mass is 10.2. The van der Waals surface area contributed by atoms with Crippen LogP contribution in [0.1, 0.15) is 32.4 Å². The van der Waals surface area contributed by atoms with Crippen LogP contribution in [0.5, 0.6) is 0 Å². The van der Waals surface area contributed by atoms with Gasteiger partial charge in [-0.1, -0.05) is 13.8 Å². The molecule has 3 N–H and O–H groups in total. The highest BCUT2D eigenvalue weighted by molar-refractivity contribution is 5.41. The Labute approximate surface area is 103 Å². The number of nitrogen functional groups attached to an aromatic ring is 1. The van der Waals surface area contributed by atoms with Gasteiger partial charge < -0.3 is 5.43 Å². The van der Waals surface area contributed by atoms with E-state index in [4.69, 9.17) is 5.84 Å². The number of aromatic nitrogens is 1. The van der Waals surface area contributed by atoms with Gasteiger partial charge in [-0.2, -0.15) is 0 Å². The molecule has 1 saturated carbocycles. The van der Waals surface area contributed by atoms with E-state index in [-0.39, 0.29) is 0 Å². The van der Waals surface area contributed by atoms with E-state index in [2.05, 4.69) is 29.2 Å². The second kappa shape index (κ2) is 5.47. The Morgan fingerprint density at radius 3 is 2.88 bits per heavy atom. The molecule has 0 atom stereocenters. The lowest BCUT2D eigenvalue weighted by Crippen LogP contribution is -2.29. The first-order valence-electron chi connectivity index (χ1n) is 6.34. The van der Waals surface area contributed by atoms with Crippen LogP contribution < -0.4 is 11.3 Å². The summed E-state index contributed by atoms with van der Waals surface area (Å²) < 4.78 is 0. The van der Waals surface area contributed by atoms with Gasteiger partial charge in [0.25, 0.3) is 0 Å². The van der Waals surface area contributed by atoms with Gasteiger partial charge in [0, 0.05) is 25.3 Å². The van der Waals surface area contributed by atoms with Crippen molar-refractivity contribution in [2.24, 2.45) is 11.8 Å². The Balaban J connectivity index is 2.00. The van der Waals surface area contributed by atoms with Crippen LogP contribution in [0, 0.1) is 5.92 Å². The Kier molecular flexibility index (Phi) is 3.97. The van der Waals surface area contributed by atoms with Crippen molar-refractivity contribution in [1.82, 2.24) is 9.88 Å². The third-order valence-electron chi connectivity index (χ3n) is 3.01. The monoisotopic (exact) mass is 234 g/mol. The van der Waals surface area contributed by atoms with Crippen molar-refractivity contribution in [2.75, 3.05) is 12.0 Å². The van der Waals surface area contributed by atoms with Crippen LogP contribution in [0.15, 0.2) is 18.3 Å². The smallest absolute Gasteiger partial charge is 0.0565 e. The Hall–Kier alpha value is -1.13. The van der Waals surface area contributed by atoms with Crippen LogP contribution in [0.25, 0.3) is 0 Å². The molecule has 1 aromatic rings. The van der Waals surface area contributed by atoms with Gasteiger partial charge in [-0.15, -0.1) is 0 Å². The van der Waals surface area contributed by atoms with E-state index in [1.165, 1.54) is 12.8 Å². The highest BCUT2D eigenvalue weighted by Gasteiger charge is 2.29. The summed E-state index contributed by atoms with van der Waals surface area (Å²) in [5, 5.41) is 0. The number of hydrogen-bond donors (Lipinski definition) is 2. The molecule has 2 rings (SSSR count). The summed E-state index contributed by atoms with van der Waals surface area (Å²) >= 11 is 0. The second-order valence-electron chi connectivity index (χ2n) is 5.23. The van der Waals surface area contributed by atoms with Gasteiger partial charge in [0.15, 0.2) is 0 Å². The first kappa shape index (κ1) is 12.3. The molecule has 0 bridgehead atoms. The van der Waals surface area contributed by atoms with E-state index in [1.807, 2.05) is 18.3 Å². The average Bonchev–Trinajstić information content (AvgIpc) is 3.12. The van der Waals surface area contributed by atoms with Crippen LogP contribution in [0.4, 0.5) is 5.69 Å². The van der Waals surface area contributed by atoms with Gasteiger partial charge >= 0.3 is 0 Å². The van der Waals surface area contributed by atoms with Crippen molar-refractivity contribution in [1.29, 1.82) is 0 Å². The molecule has 0 unspecified atom stereocenters. The van der Waals surface area contributed by atoms with Crippen molar-refractivity contribution in [3.63, 3.8) is 0 Å². The summed E-state index contributed by atoms with van der Waals surface area (Å²) in [7, 11) is 0. The highest BCUT2D eigenvalue weighted by Crippen LogP contribution is 2.28. The number of hydrogen-bond acceptors (Lipinski definition) is 4. The van der Waals surface area contributed by atoms with Crippen molar-refractivity contribution in [2.45, 2.75) is 39.3 Å². The SMILES string of the molecule is CC(C)CN(Cc1cc(NN)ccn1)C1CC1. The average molecular weight is 234 g/mol. The van der Waals surface area contributed by atoms with Crippen molar-refractivity contribution >= 4 is 5.69 Å². The molecule has 0 aliphatic heterocycles. The molecule has 1 aliphatic rings. The van der Waals surface area contributed by atoms with Crippen LogP contribution in [-0.4, -0.2) is 22.5 Å². The molecule has 94 valence electrons. The first-order chi connectivity index (χ1) is 8.19. The first-order valence-corrected chi connectivity index (χ1v) is 6.34. The molecule has 1 aliphatic carbocycles. The molecule has 1 aromatic heterocycles. The van der Waals surface area contributed by atoms with Crippen molar-refractivity contribution in [3.8, 4) is 0 Å². The quantitative estimate of drug-likeness (QED) is 0.584. The van der Waals surface area contributed by atoms with Crippen LogP contribution in [-0.2, 0) is 6.54 Å². The molecule has 4 nitrogen and oxygen atoms in total. The predicted molar refractivity (Wildman–Crippen MR) is 70.3 cm³/mol. The van der Waals surface area contributed by atoms with Crippen LogP contribution in [0.3, 0.4) is 0 Å². The number of nitrogens with zero attached hydrogens (tertiary/aromatic N) is 2. The molecule has 0 aromatic carbocycles. The number of anilines is 1. The molecule has 4 heteroatoms. The molecule has 0 saturated heterocycles. The summed E-state index contributed by atoms with van der Waals surface area (Å²) in [5.74, 6) is 6.11. The molecule has 17 heavy (non-hydrogen) atoms. The highest BCUT2D eigenvalue weighted by atomic mass is 15.2. The molecule has 0 amide bonds. The summed E-state index contributed by atoms with van der Waals surface area (Å²) in [4.78, 5) is 6.94. The van der Waals surface area contributed by atoms with Crippen LogP contribution in [0.2, 0.25) is 0 Å². The minimum atomic E-state index is 0.700. The lowest BCUT2D eigenvalue weighted by molar-refractivity contribution is 0.223. The Morgan fingerprint density at radius 2 is 2.29 bits per heavy atom. The number of pyridine rings is 1. The topological polar surface area (TPSA) is 54.2 Å². The Morgan fingerprint density at radius 1 is 1.53 bits per heavy atom. The zero-order valence-electron chi connectivity index (χ0n) is 10.7. The van der Waals surface area contributed by atoms with Gasteiger partial charge in [-0.3, -0.25) is 15.7 Å². The van der Waals surface area contributed by atoms with Crippen molar-refractivity contribution < 1.29 is 0 Å². The largest absolute Gasteiger partial charge is 0.324 e. The molecule has 0 spiro atoms. The third kappa shape index (κ3) is 3.68. The fourth-order valence-electron chi connectivity index (χ4n) is 2.11. The minimum absolute atomic E-state index is 0.700. The lowest BCUT2D eigenvalue weighted by Gasteiger charge is -2.23. The van der Waals surface area contributed by atoms with Crippen molar-refractivity contribution in [3.05, 3.63) is 24.0 Å². The maximum absolute atomic E-state index is 5.41. The van der Waals surface area contributed by atoms with E-state index < -0.39 is 0 Å². The van der Waals surface area contributed by atoms with E-state index in [0.717, 1.165) is 30.5 Å². The second-order valence-corrected chi connectivity index (χ2v) is 5.23. The molecule has 0 radical (unpaired) electrons.